The molecule has 0 radical (unpaired) electrons. The number of amides is 1. The molecule has 0 spiro atoms. The Hall–Kier alpha value is -2.11. The van der Waals surface area contributed by atoms with E-state index in [-0.39, 0.29) is 18.0 Å². The first-order chi connectivity index (χ1) is 8.49. The van der Waals surface area contributed by atoms with Crippen molar-refractivity contribution >= 4 is 11.9 Å². The van der Waals surface area contributed by atoms with Crippen molar-refractivity contribution in [2.45, 2.75) is 20.4 Å². The average Bonchev–Trinajstić information content (AvgIpc) is 2.32. The number of carboxylic acid groups (broad SMARTS) is 1. The number of aromatic nitrogens is 1. The summed E-state index contributed by atoms with van der Waals surface area (Å²) >= 11 is 0. The highest BCUT2D eigenvalue weighted by atomic mass is 16.4. The molecule has 1 aromatic heterocycles. The summed E-state index contributed by atoms with van der Waals surface area (Å²) in [6, 6.07) is 1.15. The summed E-state index contributed by atoms with van der Waals surface area (Å²) in [5.41, 5.74) is -0.890. The summed E-state index contributed by atoms with van der Waals surface area (Å²) in [5.74, 6) is -1.40. The van der Waals surface area contributed by atoms with Crippen LogP contribution in [0.2, 0.25) is 0 Å². The van der Waals surface area contributed by atoms with Gasteiger partial charge in [-0.25, -0.2) is 4.79 Å². The molecule has 1 N–H and O–H groups in total. The van der Waals surface area contributed by atoms with E-state index >= 15 is 0 Å². The van der Waals surface area contributed by atoms with Gasteiger partial charge in [-0.05, 0) is 13.8 Å². The number of hydrogen-bond donors (Lipinski definition) is 1. The number of likely N-dealkylation sites (N-methyl/N-ethyl adjacent to an activating group) is 1. The Morgan fingerprint density at radius 1 is 1.33 bits per heavy atom. The van der Waals surface area contributed by atoms with E-state index in [0.29, 0.717) is 13.1 Å². The topological polar surface area (TPSA) is 79.6 Å². The Balaban J connectivity index is 2.92. The van der Waals surface area contributed by atoms with E-state index in [9.17, 15) is 14.4 Å². The largest absolute Gasteiger partial charge is 0.477 e. The van der Waals surface area contributed by atoms with Crippen LogP contribution in [0.5, 0.6) is 0 Å². The SMILES string of the molecule is CCN(CC)C(=O)Cn1ccc(=O)c(C(=O)O)c1. The van der Waals surface area contributed by atoms with Crippen LogP contribution >= 0.6 is 0 Å². The third kappa shape index (κ3) is 3.19. The minimum Gasteiger partial charge on any atom is -0.477 e. The number of pyridine rings is 1. The Morgan fingerprint density at radius 2 is 1.94 bits per heavy atom. The number of nitrogens with zero attached hydrogens (tertiary/aromatic N) is 2. The molecule has 1 heterocycles. The van der Waals surface area contributed by atoms with E-state index in [1.165, 1.54) is 17.0 Å². The highest BCUT2D eigenvalue weighted by molar-refractivity contribution is 5.87. The van der Waals surface area contributed by atoms with Crippen LogP contribution in [-0.4, -0.2) is 39.5 Å². The van der Waals surface area contributed by atoms with Gasteiger partial charge in [-0.1, -0.05) is 0 Å². The molecule has 0 saturated carbocycles. The standard InChI is InChI=1S/C12H16N2O4/c1-3-14(4-2)11(16)8-13-6-5-10(15)9(7-13)12(17)18/h5-7H,3-4,8H2,1-2H3,(H,17,18). The molecule has 1 aromatic rings. The Bertz CT molecular complexity index is 503. The van der Waals surface area contributed by atoms with Gasteiger partial charge in [0.05, 0.1) is 0 Å². The molecular weight excluding hydrogens is 236 g/mol. The molecule has 0 bridgehead atoms. The van der Waals surface area contributed by atoms with Gasteiger partial charge in [0.15, 0.2) is 5.43 Å². The van der Waals surface area contributed by atoms with Crippen molar-refractivity contribution in [1.82, 2.24) is 9.47 Å². The first kappa shape index (κ1) is 14.0. The third-order valence-electron chi connectivity index (χ3n) is 2.64. The van der Waals surface area contributed by atoms with Gasteiger partial charge in [0.1, 0.15) is 12.1 Å². The van der Waals surface area contributed by atoms with E-state index in [4.69, 9.17) is 5.11 Å². The smallest absolute Gasteiger partial charge is 0.341 e. The fourth-order valence-electron chi connectivity index (χ4n) is 1.62. The van der Waals surface area contributed by atoms with Crippen molar-refractivity contribution in [3.63, 3.8) is 0 Å². The first-order valence-corrected chi connectivity index (χ1v) is 5.70. The lowest BCUT2D eigenvalue weighted by Gasteiger charge is -2.19. The van der Waals surface area contributed by atoms with Crippen LogP contribution in [0.3, 0.4) is 0 Å². The summed E-state index contributed by atoms with van der Waals surface area (Å²) in [7, 11) is 0. The summed E-state index contributed by atoms with van der Waals surface area (Å²) in [6.45, 7) is 4.97. The van der Waals surface area contributed by atoms with Crippen LogP contribution in [0.25, 0.3) is 0 Å². The van der Waals surface area contributed by atoms with E-state index in [0.717, 1.165) is 6.07 Å². The summed E-state index contributed by atoms with van der Waals surface area (Å²) in [6.07, 6.45) is 2.60. The van der Waals surface area contributed by atoms with Crippen LogP contribution in [0, 0.1) is 0 Å². The number of rotatable bonds is 5. The van der Waals surface area contributed by atoms with Gasteiger partial charge in [0, 0.05) is 31.5 Å². The number of carbonyl (C=O) groups excluding carboxylic acids is 1. The second-order valence-corrected chi connectivity index (χ2v) is 3.77. The fraction of sp³-hybridized carbons (Fsp3) is 0.417. The van der Waals surface area contributed by atoms with Gasteiger partial charge in [-0.2, -0.15) is 0 Å². The molecule has 1 amide bonds. The van der Waals surface area contributed by atoms with Crippen LogP contribution in [0.1, 0.15) is 24.2 Å². The molecule has 0 aliphatic carbocycles. The van der Waals surface area contributed by atoms with Gasteiger partial charge in [-0.3, -0.25) is 9.59 Å². The zero-order valence-electron chi connectivity index (χ0n) is 10.4. The van der Waals surface area contributed by atoms with Crippen LogP contribution < -0.4 is 5.43 Å². The van der Waals surface area contributed by atoms with Crippen molar-refractivity contribution in [2.75, 3.05) is 13.1 Å². The molecule has 0 atom stereocenters. The summed E-state index contributed by atoms with van der Waals surface area (Å²) < 4.78 is 1.41. The second kappa shape index (κ2) is 6.00. The van der Waals surface area contributed by atoms with Gasteiger partial charge in [0.2, 0.25) is 5.91 Å². The Morgan fingerprint density at radius 3 is 2.44 bits per heavy atom. The fourth-order valence-corrected chi connectivity index (χ4v) is 1.62. The van der Waals surface area contributed by atoms with Gasteiger partial charge >= 0.3 is 5.97 Å². The summed E-state index contributed by atoms with van der Waals surface area (Å²) in [5, 5.41) is 8.82. The minimum atomic E-state index is -1.29. The molecule has 6 heteroatoms. The first-order valence-electron chi connectivity index (χ1n) is 5.70. The lowest BCUT2D eigenvalue weighted by atomic mass is 10.3. The molecule has 1 rings (SSSR count). The third-order valence-corrected chi connectivity index (χ3v) is 2.64. The predicted molar refractivity (Wildman–Crippen MR) is 65.6 cm³/mol. The van der Waals surface area contributed by atoms with E-state index in [1.54, 1.807) is 4.90 Å². The second-order valence-electron chi connectivity index (χ2n) is 3.77. The number of hydrogen-bond acceptors (Lipinski definition) is 3. The molecule has 98 valence electrons. The molecule has 18 heavy (non-hydrogen) atoms. The van der Waals surface area contributed by atoms with Crippen molar-refractivity contribution in [1.29, 1.82) is 0 Å². The molecule has 0 fully saturated rings. The molecule has 0 aliphatic rings. The van der Waals surface area contributed by atoms with Gasteiger partial charge in [0.25, 0.3) is 0 Å². The zero-order chi connectivity index (χ0) is 13.7. The maximum absolute atomic E-state index is 11.8. The van der Waals surface area contributed by atoms with Crippen molar-refractivity contribution in [3.05, 3.63) is 34.2 Å². The highest BCUT2D eigenvalue weighted by Gasteiger charge is 2.12. The number of aromatic carboxylic acids is 1. The Kier molecular flexibility index (Phi) is 4.65. The lowest BCUT2D eigenvalue weighted by molar-refractivity contribution is -0.131. The summed E-state index contributed by atoms with van der Waals surface area (Å²) in [4.78, 5) is 35.5. The molecule has 6 nitrogen and oxygen atoms in total. The molecular formula is C12H16N2O4. The van der Waals surface area contributed by atoms with Crippen molar-refractivity contribution < 1.29 is 14.7 Å². The van der Waals surface area contributed by atoms with E-state index < -0.39 is 11.4 Å². The van der Waals surface area contributed by atoms with Gasteiger partial charge in [-0.15, -0.1) is 0 Å². The monoisotopic (exact) mass is 252 g/mol. The number of carboxylic acids is 1. The molecule has 0 unspecified atom stereocenters. The zero-order valence-corrected chi connectivity index (χ0v) is 10.4. The predicted octanol–water partition coefficient (Wildman–Crippen LogP) is 0.415. The van der Waals surface area contributed by atoms with Crippen LogP contribution in [0.4, 0.5) is 0 Å². The average molecular weight is 252 g/mol. The van der Waals surface area contributed by atoms with Crippen molar-refractivity contribution in [3.8, 4) is 0 Å². The molecule has 0 aliphatic heterocycles. The van der Waals surface area contributed by atoms with Crippen LogP contribution in [0.15, 0.2) is 23.3 Å². The van der Waals surface area contributed by atoms with E-state index in [2.05, 4.69) is 0 Å². The normalized spacial score (nSPS) is 10.1. The van der Waals surface area contributed by atoms with E-state index in [1.807, 2.05) is 13.8 Å². The van der Waals surface area contributed by atoms with Crippen molar-refractivity contribution in [2.24, 2.45) is 0 Å². The van der Waals surface area contributed by atoms with Crippen LogP contribution in [-0.2, 0) is 11.3 Å². The Labute approximate surface area is 104 Å². The minimum absolute atomic E-state index is 0.0300. The van der Waals surface area contributed by atoms with Gasteiger partial charge < -0.3 is 14.6 Å². The molecule has 0 aromatic carbocycles. The highest BCUT2D eigenvalue weighted by Crippen LogP contribution is 1.97. The molecule has 0 saturated heterocycles. The maximum atomic E-state index is 11.8. The maximum Gasteiger partial charge on any atom is 0.341 e. The quantitative estimate of drug-likeness (QED) is 0.823. The lowest BCUT2D eigenvalue weighted by Crippen LogP contribution is -2.33. The number of carbonyl (C=O) groups is 2.